The van der Waals surface area contributed by atoms with E-state index < -0.39 is 0 Å². The number of hydrogen-bond acceptors (Lipinski definition) is 4. The summed E-state index contributed by atoms with van der Waals surface area (Å²) in [4.78, 5) is 31.3. The van der Waals surface area contributed by atoms with Gasteiger partial charge in [-0.1, -0.05) is 24.3 Å². The molecule has 0 unspecified atom stereocenters. The number of carbonyl (C=O) groups is 2. The molecule has 1 aromatic heterocycles. The van der Waals surface area contributed by atoms with Crippen LogP contribution in [0.25, 0.3) is 11.0 Å². The molecule has 174 valence electrons. The van der Waals surface area contributed by atoms with Crippen molar-refractivity contribution in [3.05, 3.63) is 59.4 Å². The fourth-order valence-corrected chi connectivity index (χ4v) is 3.99. The fraction of sp³-hybridized carbons (Fsp3) is 0.400. The summed E-state index contributed by atoms with van der Waals surface area (Å²) in [7, 11) is 1.96. The van der Waals surface area contributed by atoms with E-state index in [0.29, 0.717) is 39.1 Å². The third-order valence-corrected chi connectivity index (χ3v) is 5.77. The molecule has 0 aliphatic carbocycles. The van der Waals surface area contributed by atoms with Crippen molar-refractivity contribution >= 4 is 23.0 Å². The van der Waals surface area contributed by atoms with Crippen LogP contribution in [0.4, 0.5) is 4.79 Å². The van der Waals surface area contributed by atoms with Gasteiger partial charge in [0.2, 0.25) is 5.91 Å². The SMILES string of the molecule is CC(C)NC(=O)N1CCOc2ccc(CCC(=O)NCc3nc4ccccc4n3C)cc2C1. The highest BCUT2D eigenvalue weighted by molar-refractivity contribution is 5.77. The van der Waals surface area contributed by atoms with Gasteiger partial charge in [0.05, 0.1) is 30.7 Å². The number of para-hydroxylation sites is 2. The lowest BCUT2D eigenvalue weighted by Crippen LogP contribution is -2.43. The fourth-order valence-electron chi connectivity index (χ4n) is 3.99. The van der Waals surface area contributed by atoms with Gasteiger partial charge in [0.15, 0.2) is 0 Å². The number of imidazole rings is 1. The summed E-state index contributed by atoms with van der Waals surface area (Å²) in [6.07, 6.45) is 0.987. The van der Waals surface area contributed by atoms with Crippen LogP contribution in [0.3, 0.4) is 0 Å². The van der Waals surface area contributed by atoms with Crippen LogP contribution in [-0.2, 0) is 31.4 Å². The van der Waals surface area contributed by atoms with Crippen LogP contribution in [-0.4, -0.2) is 45.6 Å². The Hall–Kier alpha value is -3.55. The lowest BCUT2D eigenvalue weighted by molar-refractivity contribution is -0.121. The zero-order valence-corrected chi connectivity index (χ0v) is 19.4. The van der Waals surface area contributed by atoms with Crippen molar-refractivity contribution in [3.8, 4) is 5.75 Å². The molecule has 3 aromatic rings. The van der Waals surface area contributed by atoms with E-state index >= 15 is 0 Å². The van der Waals surface area contributed by atoms with Crippen molar-refractivity contribution < 1.29 is 14.3 Å². The van der Waals surface area contributed by atoms with Crippen LogP contribution in [0.15, 0.2) is 42.5 Å². The Morgan fingerprint density at radius 3 is 2.79 bits per heavy atom. The van der Waals surface area contributed by atoms with E-state index in [1.165, 1.54) is 0 Å². The molecule has 0 spiro atoms. The molecule has 2 N–H and O–H groups in total. The van der Waals surface area contributed by atoms with E-state index in [-0.39, 0.29) is 18.0 Å². The number of hydrogen-bond donors (Lipinski definition) is 2. The summed E-state index contributed by atoms with van der Waals surface area (Å²) in [5, 5.41) is 5.91. The number of aromatic nitrogens is 2. The maximum absolute atomic E-state index is 12.5. The van der Waals surface area contributed by atoms with Crippen molar-refractivity contribution in [2.75, 3.05) is 13.2 Å². The van der Waals surface area contributed by atoms with Crippen molar-refractivity contribution in [2.24, 2.45) is 7.05 Å². The molecule has 1 aliphatic heterocycles. The largest absolute Gasteiger partial charge is 0.491 e. The molecule has 8 heteroatoms. The Morgan fingerprint density at radius 2 is 2.00 bits per heavy atom. The molecule has 0 saturated heterocycles. The predicted octanol–water partition coefficient (Wildman–Crippen LogP) is 3.13. The van der Waals surface area contributed by atoms with Crippen LogP contribution in [0.5, 0.6) is 5.75 Å². The number of ether oxygens (including phenoxy) is 1. The van der Waals surface area contributed by atoms with E-state index in [4.69, 9.17) is 4.74 Å². The monoisotopic (exact) mass is 449 g/mol. The minimum atomic E-state index is -0.0897. The topological polar surface area (TPSA) is 88.5 Å². The molecular weight excluding hydrogens is 418 g/mol. The van der Waals surface area contributed by atoms with E-state index in [1.54, 1.807) is 4.90 Å². The van der Waals surface area contributed by atoms with Crippen LogP contribution in [0.1, 0.15) is 37.2 Å². The van der Waals surface area contributed by atoms with Crippen LogP contribution < -0.4 is 15.4 Å². The molecule has 0 fully saturated rings. The van der Waals surface area contributed by atoms with Gasteiger partial charge in [-0.25, -0.2) is 9.78 Å². The van der Waals surface area contributed by atoms with Gasteiger partial charge < -0.3 is 24.8 Å². The first-order valence-electron chi connectivity index (χ1n) is 11.4. The second kappa shape index (κ2) is 9.94. The molecule has 1 aliphatic rings. The first-order chi connectivity index (χ1) is 15.9. The van der Waals surface area contributed by atoms with Gasteiger partial charge in [-0.3, -0.25) is 4.79 Å². The summed E-state index contributed by atoms with van der Waals surface area (Å²) in [5.74, 6) is 1.60. The summed E-state index contributed by atoms with van der Waals surface area (Å²) in [6.45, 7) is 5.76. The normalized spacial score (nSPS) is 13.4. The number of aryl methyl sites for hydroxylation is 2. The maximum Gasteiger partial charge on any atom is 0.318 e. The second-order valence-corrected chi connectivity index (χ2v) is 8.67. The molecular formula is C25H31N5O3. The highest BCUT2D eigenvalue weighted by atomic mass is 16.5. The number of benzene rings is 2. The molecule has 0 saturated carbocycles. The van der Waals surface area contributed by atoms with Gasteiger partial charge in [0, 0.05) is 25.1 Å². The smallest absolute Gasteiger partial charge is 0.318 e. The third-order valence-electron chi connectivity index (χ3n) is 5.77. The van der Waals surface area contributed by atoms with E-state index in [1.807, 2.05) is 67.9 Å². The summed E-state index contributed by atoms with van der Waals surface area (Å²) in [6, 6.07) is 13.9. The molecule has 0 radical (unpaired) electrons. The van der Waals surface area contributed by atoms with Gasteiger partial charge >= 0.3 is 6.03 Å². The summed E-state index contributed by atoms with van der Waals surface area (Å²) in [5.41, 5.74) is 3.97. The first-order valence-corrected chi connectivity index (χ1v) is 11.4. The molecule has 2 heterocycles. The highest BCUT2D eigenvalue weighted by Gasteiger charge is 2.20. The predicted molar refractivity (Wildman–Crippen MR) is 127 cm³/mol. The van der Waals surface area contributed by atoms with Crippen molar-refractivity contribution in [1.29, 1.82) is 0 Å². The van der Waals surface area contributed by atoms with Crippen molar-refractivity contribution in [3.63, 3.8) is 0 Å². The van der Waals surface area contributed by atoms with Crippen molar-refractivity contribution in [1.82, 2.24) is 25.1 Å². The molecule has 3 amide bonds. The van der Waals surface area contributed by atoms with Crippen LogP contribution in [0.2, 0.25) is 0 Å². The number of urea groups is 1. The average molecular weight is 450 g/mol. The lowest BCUT2D eigenvalue weighted by Gasteiger charge is -2.22. The summed E-state index contributed by atoms with van der Waals surface area (Å²) < 4.78 is 7.83. The minimum absolute atomic E-state index is 0.0220. The zero-order chi connectivity index (χ0) is 23.4. The number of nitrogens with zero attached hydrogens (tertiary/aromatic N) is 3. The highest BCUT2D eigenvalue weighted by Crippen LogP contribution is 2.25. The Morgan fingerprint density at radius 1 is 1.18 bits per heavy atom. The Bertz CT molecular complexity index is 1150. The second-order valence-electron chi connectivity index (χ2n) is 8.67. The van der Waals surface area contributed by atoms with Gasteiger partial charge in [-0.05, 0) is 44.0 Å². The maximum atomic E-state index is 12.5. The molecule has 2 aromatic carbocycles. The Labute approximate surface area is 193 Å². The number of amides is 3. The van der Waals surface area contributed by atoms with E-state index in [0.717, 1.165) is 33.7 Å². The standard InChI is InChI=1S/C25H31N5O3/c1-17(2)27-25(32)30-12-13-33-22-10-8-18(14-19(22)16-30)9-11-24(31)26-15-23-28-20-6-4-5-7-21(20)29(23)3/h4-8,10,14,17H,9,11-13,15-16H2,1-3H3,(H,26,31)(H,27,32). The zero-order valence-electron chi connectivity index (χ0n) is 19.4. The number of carbonyl (C=O) groups excluding carboxylic acids is 2. The van der Waals surface area contributed by atoms with E-state index in [2.05, 4.69) is 15.6 Å². The quantitative estimate of drug-likeness (QED) is 0.605. The lowest BCUT2D eigenvalue weighted by atomic mass is 10.0. The minimum Gasteiger partial charge on any atom is -0.491 e. The molecule has 0 atom stereocenters. The molecule has 33 heavy (non-hydrogen) atoms. The Balaban J connectivity index is 1.34. The average Bonchev–Trinajstić information content (AvgIpc) is 2.97. The van der Waals surface area contributed by atoms with Crippen LogP contribution >= 0.6 is 0 Å². The van der Waals surface area contributed by atoms with Gasteiger partial charge in [0.25, 0.3) is 0 Å². The van der Waals surface area contributed by atoms with E-state index in [9.17, 15) is 9.59 Å². The molecule has 8 nitrogen and oxygen atoms in total. The van der Waals surface area contributed by atoms with Gasteiger partial charge in [0.1, 0.15) is 18.2 Å². The van der Waals surface area contributed by atoms with Crippen LogP contribution in [0, 0.1) is 0 Å². The molecule has 0 bridgehead atoms. The number of rotatable bonds is 6. The number of nitrogens with one attached hydrogen (secondary N) is 2. The number of fused-ring (bicyclic) bond motifs is 2. The van der Waals surface area contributed by atoms with Gasteiger partial charge in [-0.15, -0.1) is 0 Å². The Kier molecular flexibility index (Phi) is 6.82. The summed E-state index contributed by atoms with van der Waals surface area (Å²) >= 11 is 0. The first kappa shape index (κ1) is 22.6. The van der Waals surface area contributed by atoms with Crippen molar-refractivity contribution in [2.45, 2.75) is 45.8 Å². The third kappa shape index (κ3) is 5.45. The molecule has 4 rings (SSSR count). The van der Waals surface area contributed by atoms with Gasteiger partial charge in [-0.2, -0.15) is 0 Å².